The number of pyridine rings is 2. The third-order valence-electron chi connectivity index (χ3n) is 5.20. The predicted octanol–water partition coefficient (Wildman–Crippen LogP) is 3.64. The number of nitriles is 1. The van der Waals surface area contributed by atoms with E-state index in [1.54, 1.807) is 17.2 Å². The van der Waals surface area contributed by atoms with Crippen molar-refractivity contribution in [1.82, 2.24) is 24.6 Å². The van der Waals surface area contributed by atoms with Gasteiger partial charge in [-0.25, -0.2) is 9.78 Å². The van der Waals surface area contributed by atoms with Crippen LogP contribution in [0.25, 0.3) is 22.2 Å². The summed E-state index contributed by atoms with van der Waals surface area (Å²) in [6.45, 7) is 6.75. The Labute approximate surface area is 179 Å². The van der Waals surface area contributed by atoms with Crippen LogP contribution in [-0.2, 0) is 4.74 Å². The second kappa shape index (κ2) is 7.87. The minimum Gasteiger partial charge on any atom is -0.493 e. The Bertz CT molecular complexity index is 1170. The van der Waals surface area contributed by atoms with Crippen molar-refractivity contribution < 1.29 is 14.6 Å². The average Bonchev–Trinajstić information content (AvgIpc) is 3.21. The maximum atomic E-state index is 12.3. The molecule has 1 aliphatic heterocycles. The Balaban J connectivity index is 1.56. The molecule has 9 nitrogen and oxygen atoms in total. The molecule has 4 rings (SSSR count). The fraction of sp³-hybridized carbons (Fsp3) is 0.409. The molecule has 1 fully saturated rings. The Morgan fingerprint density at radius 1 is 1.26 bits per heavy atom. The lowest BCUT2D eigenvalue weighted by molar-refractivity contribution is 0.0185. The lowest BCUT2D eigenvalue weighted by Crippen LogP contribution is -2.42. The summed E-state index contributed by atoms with van der Waals surface area (Å²) in [4.78, 5) is 22.5. The summed E-state index contributed by atoms with van der Waals surface area (Å²) in [5.41, 5.74) is 2.23. The van der Waals surface area contributed by atoms with Gasteiger partial charge in [0.25, 0.3) is 0 Å². The number of likely N-dealkylation sites (tertiary alicyclic amines) is 1. The second-order valence-electron chi connectivity index (χ2n) is 8.60. The molecule has 0 atom stereocenters. The van der Waals surface area contributed by atoms with Gasteiger partial charge < -0.3 is 14.7 Å². The van der Waals surface area contributed by atoms with Crippen LogP contribution in [0.1, 0.15) is 45.2 Å². The molecule has 0 radical (unpaired) electrons. The molecule has 0 unspecified atom stereocenters. The highest BCUT2D eigenvalue weighted by Gasteiger charge is 2.28. The van der Waals surface area contributed by atoms with Crippen molar-refractivity contribution in [3.05, 3.63) is 36.3 Å². The van der Waals surface area contributed by atoms with E-state index in [4.69, 9.17) is 4.74 Å². The molecule has 1 aliphatic rings. The summed E-state index contributed by atoms with van der Waals surface area (Å²) in [6.07, 6.45) is 6.30. The Morgan fingerprint density at radius 2 is 2.00 bits per heavy atom. The van der Waals surface area contributed by atoms with Crippen molar-refractivity contribution in [2.45, 2.75) is 45.3 Å². The number of carbonyl (C=O) groups excluding carboxylic acids is 1. The number of piperidine rings is 1. The summed E-state index contributed by atoms with van der Waals surface area (Å²) in [5.74, 6) is -0.132. The van der Waals surface area contributed by atoms with Crippen LogP contribution in [0.3, 0.4) is 0 Å². The number of hydrogen-bond acceptors (Lipinski definition) is 7. The van der Waals surface area contributed by atoms with Gasteiger partial charge in [0.15, 0.2) is 0 Å². The highest BCUT2D eigenvalue weighted by Crippen LogP contribution is 2.32. The van der Waals surface area contributed by atoms with Crippen molar-refractivity contribution in [3.63, 3.8) is 0 Å². The van der Waals surface area contributed by atoms with E-state index in [0.717, 1.165) is 18.4 Å². The highest BCUT2D eigenvalue weighted by atomic mass is 16.6. The quantitative estimate of drug-likeness (QED) is 0.672. The van der Waals surface area contributed by atoms with Gasteiger partial charge in [0.05, 0.1) is 23.3 Å². The average molecular weight is 420 g/mol. The number of amides is 1. The van der Waals surface area contributed by atoms with Crippen LogP contribution in [-0.4, -0.2) is 54.5 Å². The van der Waals surface area contributed by atoms with Gasteiger partial charge in [-0.2, -0.15) is 10.4 Å². The predicted molar refractivity (Wildman–Crippen MR) is 113 cm³/mol. The third kappa shape index (κ3) is 4.28. The molecular formula is C22H24N6O3. The number of rotatable bonds is 2. The molecule has 3 aromatic rings. The van der Waals surface area contributed by atoms with Gasteiger partial charge in [-0.3, -0.25) is 9.67 Å². The number of hydrogen-bond donors (Lipinski definition) is 1. The monoisotopic (exact) mass is 420 g/mol. The fourth-order valence-corrected chi connectivity index (χ4v) is 3.74. The first kappa shape index (κ1) is 20.6. The Kier molecular flexibility index (Phi) is 5.23. The smallest absolute Gasteiger partial charge is 0.410 e. The second-order valence-corrected chi connectivity index (χ2v) is 8.60. The van der Waals surface area contributed by atoms with Crippen LogP contribution < -0.4 is 0 Å². The summed E-state index contributed by atoms with van der Waals surface area (Å²) in [7, 11) is 0. The van der Waals surface area contributed by atoms with E-state index in [2.05, 4.69) is 21.1 Å². The zero-order valence-electron chi connectivity index (χ0n) is 17.7. The van der Waals surface area contributed by atoms with E-state index in [0.29, 0.717) is 35.2 Å². The van der Waals surface area contributed by atoms with Crippen molar-refractivity contribution in [2.24, 2.45) is 0 Å². The van der Waals surface area contributed by atoms with Gasteiger partial charge in [0, 0.05) is 42.7 Å². The van der Waals surface area contributed by atoms with Gasteiger partial charge in [-0.1, -0.05) is 0 Å². The molecule has 0 bridgehead atoms. The maximum absolute atomic E-state index is 12.3. The maximum Gasteiger partial charge on any atom is 0.410 e. The van der Waals surface area contributed by atoms with Crippen molar-refractivity contribution in [2.75, 3.05) is 13.1 Å². The largest absolute Gasteiger partial charge is 0.493 e. The van der Waals surface area contributed by atoms with E-state index < -0.39 is 5.60 Å². The highest BCUT2D eigenvalue weighted by molar-refractivity contribution is 5.94. The van der Waals surface area contributed by atoms with Gasteiger partial charge in [-0.15, -0.1) is 0 Å². The molecule has 0 aliphatic carbocycles. The van der Waals surface area contributed by atoms with Crippen LogP contribution in [0.2, 0.25) is 0 Å². The topological polar surface area (TPSA) is 117 Å². The summed E-state index contributed by atoms with van der Waals surface area (Å²) >= 11 is 0. The van der Waals surface area contributed by atoms with E-state index in [-0.39, 0.29) is 18.0 Å². The molecule has 0 spiro atoms. The molecule has 1 saturated heterocycles. The molecule has 160 valence electrons. The molecular weight excluding hydrogens is 396 g/mol. The number of fused-ring (bicyclic) bond motifs is 1. The van der Waals surface area contributed by atoms with E-state index in [1.807, 2.05) is 31.6 Å². The lowest BCUT2D eigenvalue weighted by atomic mass is 10.0. The number of ether oxygens (including phenoxy) is 1. The molecule has 4 heterocycles. The first-order chi connectivity index (χ1) is 14.7. The minimum atomic E-state index is -0.515. The van der Waals surface area contributed by atoms with Crippen molar-refractivity contribution >= 4 is 17.1 Å². The molecule has 31 heavy (non-hydrogen) atoms. The van der Waals surface area contributed by atoms with Crippen molar-refractivity contribution in [1.29, 1.82) is 5.26 Å². The van der Waals surface area contributed by atoms with E-state index >= 15 is 0 Å². The summed E-state index contributed by atoms with van der Waals surface area (Å²) in [6, 6.07) is 5.42. The Hall–Kier alpha value is -3.67. The van der Waals surface area contributed by atoms with Gasteiger partial charge in [0.2, 0.25) is 5.88 Å². The van der Waals surface area contributed by atoms with Gasteiger partial charge in [0.1, 0.15) is 17.2 Å². The molecule has 1 N–H and O–H groups in total. The van der Waals surface area contributed by atoms with Crippen LogP contribution in [0.4, 0.5) is 4.79 Å². The molecule has 3 aromatic heterocycles. The fourth-order valence-electron chi connectivity index (χ4n) is 3.74. The molecule has 9 heteroatoms. The van der Waals surface area contributed by atoms with Gasteiger partial charge >= 0.3 is 6.09 Å². The zero-order chi connectivity index (χ0) is 22.2. The molecule has 1 amide bonds. The minimum absolute atomic E-state index is 0.132. The van der Waals surface area contributed by atoms with Crippen LogP contribution in [0.5, 0.6) is 5.88 Å². The third-order valence-corrected chi connectivity index (χ3v) is 5.20. The zero-order valence-corrected chi connectivity index (χ0v) is 17.7. The van der Waals surface area contributed by atoms with Gasteiger partial charge in [-0.05, 0) is 39.7 Å². The van der Waals surface area contributed by atoms with E-state index in [1.165, 1.54) is 12.3 Å². The molecule has 0 aromatic carbocycles. The number of carbonyl (C=O) groups is 1. The molecule has 0 saturated carbocycles. The first-order valence-electron chi connectivity index (χ1n) is 10.2. The first-order valence-corrected chi connectivity index (χ1v) is 10.2. The van der Waals surface area contributed by atoms with Crippen LogP contribution >= 0.6 is 0 Å². The summed E-state index contributed by atoms with van der Waals surface area (Å²) < 4.78 is 7.33. The van der Waals surface area contributed by atoms with Crippen LogP contribution in [0.15, 0.2) is 30.7 Å². The normalized spacial score (nSPS) is 15.1. The van der Waals surface area contributed by atoms with Crippen LogP contribution in [0, 0.1) is 11.3 Å². The number of aromatic nitrogens is 4. The van der Waals surface area contributed by atoms with E-state index in [9.17, 15) is 15.2 Å². The summed E-state index contributed by atoms with van der Waals surface area (Å²) in [5, 5.41) is 23.9. The van der Waals surface area contributed by atoms with Crippen molar-refractivity contribution in [3.8, 4) is 23.1 Å². The number of nitrogens with zero attached hydrogens (tertiary/aromatic N) is 6. The lowest BCUT2D eigenvalue weighted by Gasteiger charge is -2.33. The number of aromatic hydroxyl groups is 1. The Morgan fingerprint density at radius 3 is 2.68 bits per heavy atom. The standard InChI is InChI=1S/C22H24N6O3/c1-22(2,3)31-21(30)27-8-6-16(7-9-27)28-13-15(12-25-28)19-14(10-23)11-24-17-4-5-18(29)26-20(17)19/h4-5,11-13,16H,6-9H2,1-3H3,(H,26,29). The SMILES string of the molecule is CC(C)(C)OC(=O)N1CCC(n2cc(-c3c(C#N)cnc4ccc(O)nc34)cn2)CC1.